The molecule has 0 aliphatic carbocycles. The summed E-state index contributed by atoms with van der Waals surface area (Å²) in [5.41, 5.74) is 0. The number of piperidine rings is 1. The van der Waals surface area contributed by atoms with E-state index in [9.17, 15) is 9.59 Å². The molecule has 1 atom stereocenters. The standard InChI is InChI=1S/C17H27N3O3/c1-3-19(4-2)11-9-18-16(21)14-7-5-10-20(13-14)17(22)15-8-6-12-23-15/h6,8,12,14H,3-5,7,9-11,13H2,1-2H3,(H,18,21)/t14-/m1/s1. The molecule has 0 radical (unpaired) electrons. The van der Waals surface area contributed by atoms with Gasteiger partial charge in [-0.3, -0.25) is 9.59 Å². The fourth-order valence-corrected chi connectivity index (χ4v) is 2.95. The number of rotatable bonds is 7. The maximum absolute atomic E-state index is 12.3. The Morgan fingerprint density at radius 2 is 2.17 bits per heavy atom. The van der Waals surface area contributed by atoms with E-state index < -0.39 is 0 Å². The van der Waals surface area contributed by atoms with Crippen molar-refractivity contribution in [3.8, 4) is 0 Å². The lowest BCUT2D eigenvalue weighted by atomic mass is 9.97. The summed E-state index contributed by atoms with van der Waals surface area (Å²) in [5.74, 6) is 0.136. The zero-order valence-electron chi connectivity index (χ0n) is 14.1. The molecule has 1 aromatic heterocycles. The Morgan fingerprint density at radius 1 is 1.39 bits per heavy atom. The van der Waals surface area contributed by atoms with E-state index in [0.717, 1.165) is 32.5 Å². The SMILES string of the molecule is CCN(CC)CCNC(=O)[C@@H]1CCCN(C(=O)c2ccco2)C1. The molecule has 2 heterocycles. The van der Waals surface area contributed by atoms with Crippen LogP contribution in [0.25, 0.3) is 0 Å². The molecule has 6 heteroatoms. The van der Waals surface area contributed by atoms with Crippen LogP contribution in [-0.4, -0.2) is 60.9 Å². The smallest absolute Gasteiger partial charge is 0.289 e. The fourth-order valence-electron chi connectivity index (χ4n) is 2.95. The molecule has 0 unspecified atom stereocenters. The summed E-state index contributed by atoms with van der Waals surface area (Å²) in [6, 6.07) is 3.37. The largest absolute Gasteiger partial charge is 0.459 e. The Balaban J connectivity index is 1.81. The lowest BCUT2D eigenvalue weighted by Crippen LogP contribution is -2.46. The number of hydrogen-bond acceptors (Lipinski definition) is 4. The first kappa shape index (κ1) is 17.5. The summed E-state index contributed by atoms with van der Waals surface area (Å²) in [6.07, 6.45) is 3.17. The maximum atomic E-state index is 12.3. The summed E-state index contributed by atoms with van der Waals surface area (Å²) >= 11 is 0. The molecule has 0 bridgehead atoms. The van der Waals surface area contributed by atoms with Crippen molar-refractivity contribution in [2.75, 3.05) is 39.3 Å². The lowest BCUT2D eigenvalue weighted by molar-refractivity contribution is -0.126. The van der Waals surface area contributed by atoms with Gasteiger partial charge in [0.15, 0.2) is 5.76 Å². The van der Waals surface area contributed by atoms with Gasteiger partial charge in [0.05, 0.1) is 12.2 Å². The van der Waals surface area contributed by atoms with Crippen LogP contribution in [0.4, 0.5) is 0 Å². The maximum Gasteiger partial charge on any atom is 0.289 e. The molecular formula is C17H27N3O3. The zero-order chi connectivity index (χ0) is 16.7. The van der Waals surface area contributed by atoms with Crippen LogP contribution < -0.4 is 5.32 Å². The van der Waals surface area contributed by atoms with Crippen LogP contribution in [0, 0.1) is 5.92 Å². The molecule has 1 aliphatic heterocycles. The zero-order valence-corrected chi connectivity index (χ0v) is 14.1. The van der Waals surface area contributed by atoms with Gasteiger partial charge in [-0.2, -0.15) is 0 Å². The van der Waals surface area contributed by atoms with E-state index in [0.29, 0.717) is 25.4 Å². The molecule has 2 amide bonds. The number of furan rings is 1. The van der Waals surface area contributed by atoms with Crippen LogP contribution in [0.3, 0.4) is 0 Å². The van der Waals surface area contributed by atoms with E-state index in [1.165, 1.54) is 6.26 Å². The van der Waals surface area contributed by atoms with E-state index >= 15 is 0 Å². The molecular weight excluding hydrogens is 294 g/mol. The molecule has 6 nitrogen and oxygen atoms in total. The average Bonchev–Trinajstić information content (AvgIpc) is 3.12. The first-order valence-corrected chi connectivity index (χ1v) is 8.48. The molecule has 0 saturated carbocycles. The Bertz CT molecular complexity index is 497. The molecule has 1 N–H and O–H groups in total. The monoisotopic (exact) mass is 321 g/mol. The Hall–Kier alpha value is -1.82. The van der Waals surface area contributed by atoms with Crippen LogP contribution in [0.1, 0.15) is 37.2 Å². The third-order valence-electron chi connectivity index (χ3n) is 4.43. The third kappa shape index (κ3) is 4.82. The van der Waals surface area contributed by atoms with Gasteiger partial charge in [-0.1, -0.05) is 13.8 Å². The van der Waals surface area contributed by atoms with Crippen molar-refractivity contribution in [2.24, 2.45) is 5.92 Å². The summed E-state index contributed by atoms with van der Waals surface area (Å²) in [7, 11) is 0. The van der Waals surface area contributed by atoms with Crippen LogP contribution in [0.15, 0.2) is 22.8 Å². The van der Waals surface area contributed by atoms with Crippen molar-refractivity contribution in [1.29, 1.82) is 0 Å². The van der Waals surface area contributed by atoms with E-state index in [4.69, 9.17) is 4.42 Å². The molecule has 1 aliphatic rings. The highest BCUT2D eigenvalue weighted by Crippen LogP contribution is 2.19. The molecule has 2 rings (SSSR count). The third-order valence-corrected chi connectivity index (χ3v) is 4.43. The Labute approximate surface area is 137 Å². The van der Waals surface area contributed by atoms with E-state index in [1.54, 1.807) is 17.0 Å². The molecule has 0 aromatic carbocycles. The highest BCUT2D eigenvalue weighted by Gasteiger charge is 2.29. The molecule has 23 heavy (non-hydrogen) atoms. The fraction of sp³-hybridized carbons (Fsp3) is 0.647. The normalized spacial score (nSPS) is 18.2. The van der Waals surface area contributed by atoms with Gasteiger partial charge in [-0.05, 0) is 38.1 Å². The Kier molecular flexibility index (Phi) is 6.65. The number of likely N-dealkylation sites (N-methyl/N-ethyl adjacent to an activating group) is 1. The number of amides is 2. The van der Waals surface area contributed by atoms with Gasteiger partial charge in [0.1, 0.15) is 0 Å². The second-order valence-electron chi connectivity index (χ2n) is 5.89. The second-order valence-corrected chi connectivity index (χ2v) is 5.89. The van der Waals surface area contributed by atoms with Gasteiger partial charge in [0, 0.05) is 26.2 Å². The van der Waals surface area contributed by atoms with Gasteiger partial charge < -0.3 is 19.5 Å². The van der Waals surface area contributed by atoms with Gasteiger partial charge in [0.25, 0.3) is 5.91 Å². The highest BCUT2D eigenvalue weighted by atomic mass is 16.3. The predicted molar refractivity (Wildman–Crippen MR) is 88.1 cm³/mol. The number of nitrogens with one attached hydrogen (secondary N) is 1. The van der Waals surface area contributed by atoms with Crippen LogP contribution in [0.2, 0.25) is 0 Å². The number of likely N-dealkylation sites (tertiary alicyclic amines) is 1. The van der Waals surface area contributed by atoms with Crippen LogP contribution in [-0.2, 0) is 4.79 Å². The van der Waals surface area contributed by atoms with Crippen molar-refractivity contribution >= 4 is 11.8 Å². The molecule has 1 aromatic rings. The van der Waals surface area contributed by atoms with E-state index in [-0.39, 0.29) is 17.7 Å². The number of carbonyl (C=O) groups excluding carboxylic acids is 2. The highest BCUT2D eigenvalue weighted by molar-refractivity contribution is 5.92. The lowest BCUT2D eigenvalue weighted by Gasteiger charge is -2.31. The van der Waals surface area contributed by atoms with Crippen LogP contribution in [0.5, 0.6) is 0 Å². The van der Waals surface area contributed by atoms with Gasteiger partial charge >= 0.3 is 0 Å². The minimum Gasteiger partial charge on any atom is -0.459 e. The Morgan fingerprint density at radius 3 is 2.83 bits per heavy atom. The predicted octanol–water partition coefficient (Wildman–Crippen LogP) is 1.59. The average molecular weight is 321 g/mol. The molecule has 128 valence electrons. The topological polar surface area (TPSA) is 65.8 Å². The van der Waals surface area contributed by atoms with Gasteiger partial charge in [-0.25, -0.2) is 0 Å². The van der Waals surface area contributed by atoms with Crippen LogP contribution >= 0.6 is 0 Å². The summed E-state index contributed by atoms with van der Waals surface area (Å²) in [5, 5.41) is 3.00. The summed E-state index contributed by atoms with van der Waals surface area (Å²) in [4.78, 5) is 28.6. The van der Waals surface area contributed by atoms with Crippen molar-refractivity contribution in [2.45, 2.75) is 26.7 Å². The molecule has 1 fully saturated rings. The van der Waals surface area contributed by atoms with Gasteiger partial charge in [0.2, 0.25) is 5.91 Å². The number of hydrogen-bond donors (Lipinski definition) is 1. The second kappa shape index (κ2) is 8.72. The van der Waals surface area contributed by atoms with Crippen molar-refractivity contribution in [1.82, 2.24) is 15.1 Å². The molecule has 1 saturated heterocycles. The first-order chi connectivity index (χ1) is 11.2. The van der Waals surface area contributed by atoms with Gasteiger partial charge in [-0.15, -0.1) is 0 Å². The number of carbonyl (C=O) groups is 2. The minimum absolute atomic E-state index is 0.0501. The van der Waals surface area contributed by atoms with E-state index in [2.05, 4.69) is 24.1 Å². The number of nitrogens with zero attached hydrogens (tertiary/aromatic N) is 2. The minimum atomic E-state index is -0.129. The van der Waals surface area contributed by atoms with Crippen molar-refractivity contribution in [3.63, 3.8) is 0 Å². The van der Waals surface area contributed by atoms with Crippen molar-refractivity contribution < 1.29 is 14.0 Å². The quantitative estimate of drug-likeness (QED) is 0.828. The first-order valence-electron chi connectivity index (χ1n) is 8.48. The molecule has 0 spiro atoms. The summed E-state index contributed by atoms with van der Waals surface area (Å²) < 4.78 is 5.16. The van der Waals surface area contributed by atoms with Crippen molar-refractivity contribution in [3.05, 3.63) is 24.2 Å². The van der Waals surface area contributed by atoms with E-state index in [1.807, 2.05) is 0 Å². The summed E-state index contributed by atoms with van der Waals surface area (Å²) in [6.45, 7) is 8.88.